The molecular formula is C23H24N2O2S2. The lowest BCUT2D eigenvalue weighted by Gasteiger charge is -2.14. The molecule has 2 heterocycles. The number of para-hydroxylation sites is 2. The van der Waals surface area contributed by atoms with E-state index >= 15 is 0 Å². The molecule has 0 aliphatic heterocycles. The Morgan fingerprint density at radius 1 is 1.24 bits per heavy atom. The first-order valence-corrected chi connectivity index (χ1v) is 11.6. The van der Waals surface area contributed by atoms with Crippen molar-refractivity contribution in [2.24, 2.45) is 4.99 Å². The Morgan fingerprint density at radius 3 is 2.86 bits per heavy atom. The number of thiophene rings is 2. The molecule has 1 aromatic carbocycles. The van der Waals surface area contributed by atoms with Crippen molar-refractivity contribution in [1.82, 2.24) is 0 Å². The molecule has 2 aromatic heterocycles. The first-order valence-electron chi connectivity index (χ1n) is 9.93. The van der Waals surface area contributed by atoms with Crippen molar-refractivity contribution in [3.63, 3.8) is 0 Å². The van der Waals surface area contributed by atoms with E-state index in [9.17, 15) is 4.79 Å². The lowest BCUT2D eigenvalue weighted by molar-refractivity contribution is 0.102. The molecule has 4 nitrogen and oxygen atoms in total. The number of aliphatic imine (C=N–C) groups is 1. The van der Waals surface area contributed by atoms with Gasteiger partial charge >= 0.3 is 0 Å². The summed E-state index contributed by atoms with van der Waals surface area (Å²) in [7, 11) is 0. The van der Waals surface area contributed by atoms with Gasteiger partial charge in [0.2, 0.25) is 0 Å². The normalized spacial score (nSPS) is 13.4. The minimum absolute atomic E-state index is 0.105. The third-order valence-corrected chi connectivity index (χ3v) is 7.17. The summed E-state index contributed by atoms with van der Waals surface area (Å²) in [5.41, 5.74) is 3.79. The van der Waals surface area contributed by atoms with Crippen molar-refractivity contribution in [2.75, 3.05) is 11.9 Å². The maximum atomic E-state index is 13.3. The molecule has 1 aliphatic rings. The average molecular weight is 425 g/mol. The summed E-state index contributed by atoms with van der Waals surface area (Å²) in [6, 6.07) is 9.65. The van der Waals surface area contributed by atoms with Crippen molar-refractivity contribution in [3.8, 4) is 5.75 Å². The van der Waals surface area contributed by atoms with Gasteiger partial charge in [0, 0.05) is 16.0 Å². The van der Waals surface area contributed by atoms with Gasteiger partial charge in [-0.3, -0.25) is 4.79 Å². The molecule has 1 N–H and O–H groups in total. The number of aryl methyl sites for hydroxylation is 2. The lowest BCUT2D eigenvalue weighted by Crippen LogP contribution is -2.15. The van der Waals surface area contributed by atoms with Gasteiger partial charge in [0.25, 0.3) is 5.91 Å². The molecule has 0 saturated heterocycles. The fraction of sp³-hybridized carbons (Fsp3) is 0.304. The van der Waals surface area contributed by atoms with E-state index in [-0.39, 0.29) is 5.91 Å². The number of hydrogen-bond donors (Lipinski definition) is 1. The molecule has 0 bridgehead atoms. The van der Waals surface area contributed by atoms with Gasteiger partial charge in [-0.05, 0) is 74.2 Å². The number of nitrogens with one attached hydrogen (secondary N) is 1. The van der Waals surface area contributed by atoms with E-state index in [2.05, 4.69) is 23.7 Å². The summed E-state index contributed by atoms with van der Waals surface area (Å²) in [4.78, 5) is 20.5. The summed E-state index contributed by atoms with van der Waals surface area (Å²) >= 11 is 3.32. The summed E-state index contributed by atoms with van der Waals surface area (Å²) in [5.74, 6) is 0.582. The molecule has 3 aromatic rings. The highest BCUT2D eigenvalue weighted by atomic mass is 32.1. The quantitative estimate of drug-likeness (QED) is 0.466. The summed E-state index contributed by atoms with van der Waals surface area (Å²) < 4.78 is 5.67. The molecule has 0 fully saturated rings. The van der Waals surface area contributed by atoms with E-state index < -0.39 is 0 Å². The van der Waals surface area contributed by atoms with Gasteiger partial charge in [-0.2, -0.15) is 0 Å². The Balaban J connectivity index is 1.68. The van der Waals surface area contributed by atoms with Crippen LogP contribution in [0.4, 0.5) is 10.7 Å². The van der Waals surface area contributed by atoms with Crippen molar-refractivity contribution >= 4 is 45.5 Å². The Hall–Kier alpha value is -2.44. The van der Waals surface area contributed by atoms with E-state index in [0.717, 1.165) is 34.7 Å². The predicted molar refractivity (Wildman–Crippen MR) is 123 cm³/mol. The van der Waals surface area contributed by atoms with Crippen LogP contribution in [0, 0.1) is 6.92 Å². The number of carbonyl (C=O) groups excluding carboxylic acids is 1. The molecule has 0 radical (unpaired) electrons. The minimum atomic E-state index is -0.105. The van der Waals surface area contributed by atoms with Gasteiger partial charge in [-0.15, -0.1) is 22.7 Å². The number of rotatable bonds is 6. The van der Waals surface area contributed by atoms with E-state index in [1.165, 1.54) is 22.4 Å². The molecule has 0 spiro atoms. The Kier molecular flexibility index (Phi) is 6.11. The number of nitrogens with zero attached hydrogens (tertiary/aromatic N) is 1. The van der Waals surface area contributed by atoms with Crippen molar-refractivity contribution in [3.05, 3.63) is 62.2 Å². The molecule has 1 amide bonds. The topological polar surface area (TPSA) is 50.7 Å². The summed E-state index contributed by atoms with van der Waals surface area (Å²) in [6.45, 7) is 4.57. The van der Waals surface area contributed by atoms with Crippen molar-refractivity contribution in [1.29, 1.82) is 0 Å². The van der Waals surface area contributed by atoms with Crippen LogP contribution in [0.5, 0.6) is 5.75 Å². The molecule has 4 rings (SSSR count). The highest BCUT2D eigenvalue weighted by Gasteiger charge is 2.25. The number of ether oxygens (including phenoxy) is 1. The van der Waals surface area contributed by atoms with E-state index in [4.69, 9.17) is 9.73 Å². The number of fused-ring (bicyclic) bond motifs is 1. The molecule has 150 valence electrons. The first kappa shape index (κ1) is 19.9. The second-order valence-corrected chi connectivity index (χ2v) is 9.03. The average Bonchev–Trinajstić information content (AvgIpc) is 3.30. The van der Waals surface area contributed by atoms with Crippen LogP contribution in [0.3, 0.4) is 0 Å². The van der Waals surface area contributed by atoms with Crippen LogP contribution in [0.15, 0.2) is 40.7 Å². The van der Waals surface area contributed by atoms with Gasteiger partial charge in [-0.25, -0.2) is 4.99 Å². The van der Waals surface area contributed by atoms with Crippen LogP contribution < -0.4 is 10.1 Å². The zero-order valence-corrected chi connectivity index (χ0v) is 18.3. The van der Waals surface area contributed by atoms with Gasteiger partial charge in [0.15, 0.2) is 0 Å². The molecule has 0 atom stereocenters. The van der Waals surface area contributed by atoms with Gasteiger partial charge in [0.05, 0.1) is 17.9 Å². The van der Waals surface area contributed by atoms with Crippen LogP contribution >= 0.6 is 22.7 Å². The molecule has 0 unspecified atom stereocenters. The van der Waals surface area contributed by atoms with Gasteiger partial charge < -0.3 is 10.1 Å². The SMILES string of the molecule is CCOc1ccccc1NC(=O)c1c(/N=C/c2sccc2C)sc2c1CCCC2. The van der Waals surface area contributed by atoms with Crippen LogP contribution in [0.25, 0.3) is 0 Å². The van der Waals surface area contributed by atoms with E-state index in [0.29, 0.717) is 18.0 Å². The number of benzene rings is 1. The second kappa shape index (κ2) is 8.93. The number of hydrogen-bond acceptors (Lipinski definition) is 5. The maximum Gasteiger partial charge on any atom is 0.259 e. The Morgan fingerprint density at radius 2 is 2.07 bits per heavy atom. The van der Waals surface area contributed by atoms with Crippen LogP contribution in [-0.4, -0.2) is 18.7 Å². The molecule has 29 heavy (non-hydrogen) atoms. The number of anilines is 1. The second-order valence-electron chi connectivity index (χ2n) is 7.00. The fourth-order valence-electron chi connectivity index (χ4n) is 3.55. The summed E-state index contributed by atoms with van der Waals surface area (Å²) in [6.07, 6.45) is 6.16. The zero-order valence-electron chi connectivity index (χ0n) is 16.7. The molecule has 6 heteroatoms. The third-order valence-electron chi connectivity index (χ3n) is 5.02. The highest BCUT2D eigenvalue weighted by molar-refractivity contribution is 7.16. The first-order chi connectivity index (χ1) is 14.2. The van der Waals surface area contributed by atoms with Crippen molar-refractivity contribution in [2.45, 2.75) is 39.5 Å². The predicted octanol–water partition coefficient (Wildman–Crippen LogP) is 6.40. The summed E-state index contributed by atoms with van der Waals surface area (Å²) in [5, 5.41) is 5.93. The van der Waals surface area contributed by atoms with Crippen LogP contribution in [-0.2, 0) is 12.8 Å². The van der Waals surface area contributed by atoms with Gasteiger partial charge in [0.1, 0.15) is 10.8 Å². The van der Waals surface area contributed by atoms with Gasteiger partial charge in [-0.1, -0.05) is 12.1 Å². The largest absolute Gasteiger partial charge is 0.492 e. The lowest BCUT2D eigenvalue weighted by atomic mass is 9.95. The zero-order chi connectivity index (χ0) is 20.2. The van der Waals surface area contributed by atoms with Crippen LogP contribution in [0.2, 0.25) is 0 Å². The Labute approximate surface area is 179 Å². The highest BCUT2D eigenvalue weighted by Crippen LogP contribution is 2.40. The Bertz CT molecular complexity index is 1050. The molecular weight excluding hydrogens is 400 g/mol. The van der Waals surface area contributed by atoms with E-state index in [1.807, 2.05) is 37.4 Å². The number of amides is 1. The molecule has 1 aliphatic carbocycles. The number of carbonyl (C=O) groups is 1. The standard InChI is InChI=1S/C23H24N2O2S2/c1-3-27-18-10-6-5-9-17(18)25-22(26)21-16-8-4-7-11-19(16)29-23(21)24-14-20-15(2)12-13-28-20/h5-6,9-10,12-14H,3-4,7-8,11H2,1-2H3,(H,25,26)/b24-14+. The monoisotopic (exact) mass is 424 g/mol. The maximum absolute atomic E-state index is 13.3. The molecule has 0 saturated carbocycles. The van der Waals surface area contributed by atoms with Crippen molar-refractivity contribution < 1.29 is 9.53 Å². The van der Waals surface area contributed by atoms with Crippen LogP contribution in [0.1, 0.15) is 51.0 Å². The smallest absolute Gasteiger partial charge is 0.259 e. The fourth-order valence-corrected chi connectivity index (χ4v) is 5.56. The minimum Gasteiger partial charge on any atom is -0.492 e. The third kappa shape index (κ3) is 4.28. The van der Waals surface area contributed by atoms with E-state index in [1.54, 1.807) is 22.7 Å².